The molecule has 0 spiro atoms. The van der Waals surface area contributed by atoms with E-state index in [2.05, 4.69) is 52.6 Å². The fraction of sp³-hybridized carbons (Fsp3) is 0.576. The maximum absolute atomic E-state index is 12.2. The maximum Gasteiger partial charge on any atom is 0.470 e. The second-order valence-corrected chi connectivity index (χ2v) is 12.7. The molecule has 0 aromatic carbocycles. The minimum Gasteiger partial charge on any atom is -0.474 e. The van der Waals surface area contributed by atoms with Gasteiger partial charge in [0.15, 0.2) is 0 Å². The number of nitrogens with two attached hydrogens (primary N) is 1. The molecule has 2 aliphatic carbocycles. The third kappa shape index (κ3) is 9.55. The van der Waals surface area contributed by atoms with Crippen molar-refractivity contribution in [2.45, 2.75) is 70.9 Å². The van der Waals surface area contributed by atoms with Crippen LogP contribution in [0.25, 0.3) is 10.8 Å². The third-order valence-electron chi connectivity index (χ3n) is 8.79. The number of fused-ring (bicyclic) bond motifs is 2. The summed E-state index contributed by atoms with van der Waals surface area (Å²) in [6, 6.07) is 1.13. The highest BCUT2D eigenvalue weighted by molar-refractivity contribution is 5.92. The summed E-state index contributed by atoms with van der Waals surface area (Å²) in [5.41, 5.74) is 5.27. The molecule has 5 rings (SSSR count). The normalized spacial score (nSPS) is 20.6. The molecular formula is C33H41F3N6O6. The summed E-state index contributed by atoms with van der Waals surface area (Å²) in [5, 5.41) is 13.0. The first-order valence-corrected chi connectivity index (χ1v) is 15.3. The van der Waals surface area contributed by atoms with Crippen molar-refractivity contribution in [2.24, 2.45) is 23.0 Å². The number of carbonyl (C=O) groups excluding carboxylic acids is 3. The number of terminal acetylenes is 1. The molecule has 260 valence electrons. The summed E-state index contributed by atoms with van der Waals surface area (Å²) in [7, 11) is 1.56. The summed E-state index contributed by atoms with van der Waals surface area (Å²) in [6.45, 7) is 11.4. The predicted octanol–water partition coefficient (Wildman–Crippen LogP) is 3.43. The van der Waals surface area contributed by atoms with Crippen molar-refractivity contribution < 1.29 is 41.8 Å². The highest BCUT2D eigenvalue weighted by atomic mass is 19.4. The van der Waals surface area contributed by atoms with Crippen LogP contribution in [-0.4, -0.2) is 84.4 Å². The van der Waals surface area contributed by atoms with Crippen LogP contribution in [0.3, 0.4) is 0 Å². The number of methoxy groups -OCH3 is 1. The molecular weight excluding hydrogens is 633 g/mol. The number of carbonyl (C=O) groups is 3. The molecule has 3 fully saturated rings. The van der Waals surface area contributed by atoms with Crippen molar-refractivity contribution in [1.29, 1.82) is 5.26 Å². The average molecular weight is 675 g/mol. The Morgan fingerprint density at radius 2 is 1.83 bits per heavy atom. The fourth-order valence-corrected chi connectivity index (χ4v) is 5.66. The molecule has 3 unspecified atom stereocenters. The molecule has 0 bridgehead atoms. The Kier molecular flexibility index (Phi) is 12.4. The van der Waals surface area contributed by atoms with Gasteiger partial charge in [0.2, 0.25) is 18.2 Å². The molecule has 2 aromatic heterocycles. The number of amides is 3. The van der Waals surface area contributed by atoms with E-state index in [4.69, 9.17) is 25.4 Å². The van der Waals surface area contributed by atoms with E-state index >= 15 is 0 Å². The Labute approximate surface area is 277 Å². The average Bonchev–Trinajstić information content (AvgIpc) is 3.76. The van der Waals surface area contributed by atoms with Gasteiger partial charge in [-0.2, -0.15) is 18.4 Å². The van der Waals surface area contributed by atoms with Crippen LogP contribution in [0.5, 0.6) is 5.88 Å². The zero-order chi connectivity index (χ0) is 35.9. The molecule has 3 aliphatic rings. The monoisotopic (exact) mass is 674 g/mol. The molecule has 1 saturated heterocycles. The van der Waals surface area contributed by atoms with Gasteiger partial charge in [0.1, 0.15) is 12.6 Å². The molecule has 3 N–H and O–H groups in total. The number of ether oxygens (including phenoxy) is 3. The number of primary amides is 1. The standard InChI is InChI=1S/C16H14N4O3.C15H25NO2.C2H2F3NO/c1-3-12-15-11(8-19-16(12)23-5-4-22-2)7-18-9-13(15)14(6-17)20-10-21;1-10(18-15(4)5-6-15)7-13(17)16-8-11-12(9-16)14(11,2)3;3-2(4,5)1(6)7/h1,7-10,14H,4-5H2,2H3,(H,20,21);10-12H,5-9H2,1-4H3;(H2,6,7)/t;10-,11?,12?;/m.1./s1. The van der Waals surface area contributed by atoms with Gasteiger partial charge in [-0.05, 0) is 43.9 Å². The lowest BCUT2D eigenvalue weighted by molar-refractivity contribution is -0.169. The Morgan fingerprint density at radius 1 is 1.21 bits per heavy atom. The summed E-state index contributed by atoms with van der Waals surface area (Å²) in [4.78, 5) is 42.3. The minimum absolute atomic E-state index is 0.0648. The Bertz CT molecular complexity index is 1550. The summed E-state index contributed by atoms with van der Waals surface area (Å²) in [5.74, 6) is 2.34. The van der Waals surface area contributed by atoms with Crippen LogP contribution in [0.4, 0.5) is 13.2 Å². The van der Waals surface area contributed by atoms with Gasteiger partial charge in [-0.15, -0.1) is 6.42 Å². The first-order valence-electron chi connectivity index (χ1n) is 15.3. The second-order valence-electron chi connectivity index (χ2n) is 12.7. The predicted molar refractivity (Wildman–Crippen MR) is 168 cm³/mol. The molecule has 1 aliphatic heterocycles. The number of nitriles is 1. The number of aromatic nitrogens is 2. The lowest BCUT2D eigenvalue weighted by Crippen LogP contribution is -2.35. The molecule has 0 radical (unpaired) electrons. The third-order valence-corrected chi connectivity index (χ3v) is 8.79. The van der Waals surface area contributed by atoms with Crippen LogP contribution < -0.4 is 15.8 Å². The molecule has 3 heterocycles. The van der Waals surface area contributed by atoms with Gasteiger partial charge in [0.25, 0.3) is 0 Å². The number of pyridine rings is 2. The van der Waals surface area contributed by atoms with E-state index in [1.807, 2.05) is 13.0 Å². The molecule has 4 atom stereocenters. The number of hydrogen-bond acceptors (Lipinski definition) is 9. The molecule has 12 nitrogen and oxygen atoms in total. The van der Waals surface area contributed by atoms with Gasteiger partial charge in [-0.3, -0.25) is 19.4 Å². The SMILES string of the molecule is C#Cc1c(OCCOC)ncc2cncc(C(C#N)NC=O)c12.C[C@H](CC(=O)N1CC2C(C1)C2(C)C)OC1(C)CC1.NC(=O)C(F)(F)F. The number of halogens is 3. The number of piperidine rings is 1. The largest absolute Gasteiger partial charge is 0.474 e. The summed E-state index contributed by atoms with van der Waals surface area (Å²) < 4.78 is 48.5. The fourth-order valence-electron chi connectivity index (χ4n) is 5.66. The quantitative estimate of drug-likeness (QED) is 0.206. The van der Waals surface area contributed by atoms with Crippen molar-refractivity contribution in [3.8, 4) is 24.3 Å². The van der Waals surface area contributed by atoms with Crippen LogP contribution in [0.1, 0.15) is 64.1 Å². The van der Waals surface area contributed by atoms with Crippen LogP contribution in [0.15, 0.2) is 18.6 Å². The van der Waals surface area contributed by atoms with Gasteiger partial charge in [-0.1, -0.05) is 19.8 Å². The first kappa shape index (κ1) is 38.0. The van der Waals surface area contributed by atoms with Crippen LogP contribution >= 0.6 is 0 Å². The van der Waals surface area contributed by atoms with E-state index in [-0.39, 0.29) is 23.5 Å². The van der Waals surface area contributed by atoms with Gasteiger partial charge in [-0.25, -0.2) is 4.98 Å². The van der Waals surface area contributed by atoms with Crippen molar-refractivity contribution in [3.63, 3.8) is 0 Å². The van der Waals surface area contributed by atoms with Gasteiger partial charge in [0.05, 0.1) is 36.4 Å². The van der Waals surface area contributed by atoms with E-state index < -0.39 is 18.1 Å². The topological polar surface area (TPSA) is 170 Å². The number of likely N-dealkylation sites (tertiary alicyclic amines) is 1. The smallest absolute Gasteiger partial charge is 0.470 e. The van der Waals surface area contributed by atoms with Gasteiger partial charge < -0.3 is 30.2 Å². The number of alkyl halides is 3. The van der Waals surface area contributed by atoms with E-state index in [0.29, 0.717) is 53.4 Å². The zero-order valence-corrected chi connectivity index (χ0v) is 27.6. The van der Waals surface area contributed by atoms with Gasteiger partial charge >= 0.3 is 12.1 Å². The van der Waals surface area contributed by atoms with Crippen LogP contribution in [0, 0.1) is 40.9 Å². The van der Waals surface area contributed by atoms with E-state index in [1.165, 1.54) is 6.20 Å². The second kappa shape index (κ2) is 15.6. The number of nitrogens with one attached hydrogen (secondary N) is 1. The van der Waals surface area contributed by atoms with Crippen molar-refractivity contribution >= 4 is 29.0 Å². The molecule has 2 aromatic rings. The summed E-state index contributed by atoms with van der Waals surface area (Å²) >= 11 is 0. The first-order chi connectivity index (χ1) is 22.5. The maximum atomic E-state index is 12.2. The van der Waals surface area contributed by atoms with Crippen molar-refractivity contribution in [1.82, 2.24) is 20.2 Å². The van der Waals surface area contributed by atoms with Crippen LogP contribution in [-0.2, 0) is 23.9 Å². The number of rotatable bonds is 11. The Hall–Kier alpha value is -4.47. The highest BCUT2D eigenvalue weighted by Crippen LogP contribution is 2.62. The molecule has 3 amide bonds. The van der Waals surface area contributed by atoms with Gasteiger partial charge in [0, 0.05) is 55.1 Å². The van der Waals surface area contributed by atoms with Crippen LogP contribution in [0.2, 0.25) is 0 Å². The van der Waals surface area contributed by atoms with E-state index in [1.54, 1.807) is 19.5 Å². The number of hydrogen-bond donors (Lipinski definition) is 2. The Morgan fingerprint density at radius 3 is 2.33 bits per heavy atom. The zero-order valence-electron chi connectivity index (χ0n) is 27.6. The minimum atomic E-state index is -4.86. The van der Waals surface area contributed by atoms with Crippen molar-refractivity contribution in [3.05, 3.63) is 29.7 Å². The van der Waals surface area contributed by atoms with E-state index in [9.17, 15) is 28.0 Å². The van der Waals surface area contributed by atoms with Crippen molar-refractivity contribution in [2.75, 3.05) is 33.4 Å². The molecule has 48 heavy (non-hydrogen) atoms. The highest BCUT2D eigenvalue weighted by Gasteiger charge is 2.62. The lowest BCUT2D eigenvalue weighted by Gasteiger charge is -2.25. The number of nitrogens with zero attached hydrogens (tertiary/aromatic N) is 4. The van der Waals surface area contributed by atoms with E-state index in [0.717, 1.165) is 37.8 Å². The molecule has 2 saturated carbocycles. The molecule has 15 heteroatoms. The Balaban J connectivity index is 0.000000222. The lowest BCUT2D eigenvalue weighted by atomic mass is 9.99. The summed E-state index contributed by atoms with van der Waals surface area (Å²) in [6.07, 6.45) is 8.75.